The molecule has 13 heavy (non-hydrogen) atoms. The lowest BCUT2D eigenvalue weighted by molar-refractivity contribution is -0.143. The number of aliphatic carboxylic acids is 1. The van der Waals surface area contributed by atoms with Gasteiger partial charge in [0.05, 0.1) is 12.8 Å². The van der Waals surface area contributed by atoms with Gasteiger partial charge < -0.3 is 16.6 Å². The fourth-order valence-electron chi connectivity index (χ4n) is 0.766. The molecule has 0 heterocycles. The summed E-state index contributed by atoms with van der Waals surface area (Å²) in [6.07, 6.45) is -1.26. The van der Waals surface area contributed by atoms with E-state index in [0.29, 0.717) is 0 Å². The first-order valence-electron chi connectivity index (χ1n) is 3.27. The summed E-state index contributed by atoms with van der Waals surface area (Å²) in [7, 11) is 0. The molecule has 0 radical (unpaired) electrons. The maximum absolute atomic E-state index is 10.5. The van der Waals surface area contributed by atoms with E-state index >= 15 is 0 Å². The molecule has 74 valence electrons. The Balaban J connectivity index is 4.62. The molecule has 0 aromatic rings. The number of amides is 2. The second kappa shape index (κ2) is 4.08. The molecule has 0 atom stereocenters. The molecule has 0 saturated carbocycles. The standard InChI is InChI=1S/C6H9ClN2O4/c7-6(5(12)13,1-3(8)10)2-4(9)11/h1-2H2,(H2,8,10)(H2,9,11)(H,12,13). The van der Waals surface area contributed by atoms with Gasteiger partial charge in [-0.25, -0.2) is 0 Å². The van der Waals surface area contributed by atoms with Gasteiger partial charge in [0, 0.05) is 0 Å². The molecule has 0 aliphatic rings. The van der Waals surface area contributed by atoms with Crippen LogP contribution in [0, 0.1) is 0 Å². The van der Waals surface area contributed by atoms with Crippen molar-refractivity contribution in [3.05, 3.63) is 0 Å². The van der Waals surface area contributed by atoms with Crippen LogP contribution >= 0.6 is 11.6 Å². The van der Waals surface area contributed by atoms with E-state index < -0.39 is 35.5 Å². The van der Waals surface area contributed by atoms with Crippen molar-refractivity contribution in [3.8, 4) is 0 Å². The van der Waals surface area contributed by atoms with Crippen LogP contribution in [0.25, 0.3) is 0 Å². The molecule has 0 fully saturated rings. The Hall–Kier alpha value is -1.30. The van der Waals surface area contributed by atoms with Crippen molar-refractivity contribution in [1.82, 2.24) is 0 Å². The zero-order chi connectivity index (χ0) is 10.6. The molecule has 0 spiro atoms. The van der Waals surface area contributed by atoms with Gasteiger partial charge in [0.25, 0.3) is 0 Å². The smallest absolute Gasteiger partial charge is 0.325 e. The van der Waals surface area contributed by atoms with Crippen LogP contribution in [0.3, 0.4) is 0 Å². The lowest BCUT2D eigenvalue weighted by Gasteiger charge is -2.18. The van der Waals surface area contributed by atoms with Crippen LogP contribution in [0.1, 0.15) is 12.8 Å². The zero-order valence-electron chi connectivity index (χ0n) is 6.62. The van der Waals surface area contributed by atoms with Gasteiger partial charge >= 0.3 is 5.97 Å². The lowest BCUT2D eigenvalue weighted by Crippen LogP contribution is -2.40. The highest BCUT2D eigenvalue weighted by molar-refractivity contribution is 6.36. The maximum atomic E-state index is 10.5. The highest BCUT2D eigenvalue weighted by Gasteiger charge is 2.39. The van der Waals surface area contributed by atoms with Gasteiger partial charge in [-0.3, -0.25) is 14.4 Å². The van der Waals surface area contributed by atoms with E-state index in [0.717, 1.165) is 0 Å². The Labute approximate surface area is 78.8 Å². The van der Waals surface area contributed by atoms with E-state index in [2.05, 4.69) is 0 Å². The summed E-state index contributed by atoms with van der Waals surface area (Å²) in [5.74, 6) is -3.30. The van der Waals surface area contributed by atoms with Crippen LogP contribution in [-0.4, -0.2) is 27.8 Å². The number of hydrogen-bond acceptors (Lipinski definition) is 3. The van der Waals surface area contributed by atoms with E-state index in [1.807, 2.05) is 0 Å². The number of carboxylic acids is 1. The van der Waals surface area contributed by atoms with Crippen LogP contribution in [-0.2, 0) is 14.4 Å². The molecule has 0 aliphatic carbocycles. The maximum Gasteiger partial charge on any atom is 0.325 e. The Morgan fingerprint density at radius 1 is 1.15 bits per heavy atom. The van der Waals surface area contributed by atoms with Crippen LogP contribution in [0.5, 0.6) is 0 Å². The van der Waals surface area contributed by atoms with E-state index in [4.69, 9.17) is 28.2 Å². The Kier molecular flexibility index (Phi) is 3.68. The highest BCUT2D eigenvalue weighted by atomic mass is 35.5. The Morgan fingerprint density at radius 2 is 1.46 bits per heavy atom. The third-order valence-corrected chi connectivity index (χ3v) is 1.72. The van der Waals surface area contributed by atoms with Gasteiger partial charge in [-0.05, 0) is 0 Å². The average molecular weight is 209 g/mol. The molecule has 6 nitrogen and oxygen atoms in total. The summed E-state index contributed by atoms with van der Waals surface area (Å²) in [4.78, 5) is 29.4. The minimum atomic E-state index is -2.02. The second-order valence-electron chi connectivity index (χ2n) is 2.56. The molecule has 0 rings (SSSR count). The van der Waals surface area contributed by atoms with Gasteiger partial charge in [0.1, 0.15) is 0 Å². The Bertz CT molecular complexity index is 237. The molecular formula is C6H9ClN2O4. The van der Waals surface area contributed by atoms with Crippen LogP contribution < -0.4 is 11.5 Å². The number of carbonyl (C=O) groups is 3. The summed E-state index contributed by atoms with van der Waals surface area (Å²) < 4.78 is 0. The van der Waals surface area contributed by atoms with E-state index in [-0.39, 0.29) is 0 Å². The number of rotatable bonds is 5. The van der Waals surface area contributed by atoms with Crippen molar-refractivity contribution in [3.63, 3.8) is 0 Å². The van der Waals surface area contributed by atoms with E-state index in [1.165, 1.54) is 0 Å². The van der Waals surface area contributed by atoms with Crippen molar-refractivity contribution >= 4 is 29.4 Å². The van der Waals surface area contributed by atoms with Gasteiger partial charge in [-0.2, -0.15) is 0 Å². The third-order valence-electron chi connectivity index (χ3n) is 1.29. The number of alkyl halides is 1. The largest absolute Gasteiger partial charge is 0.480 e. The van der Waals surface area contributed by atoms with Crippen molar-refractivity contribution in [2.45, 2.75) is 17.7 Å². The average Bonchev–Trinajstić information content (AvgIpc) is 1.82. The summed E-state index contributed by atoms with van der Waals surface area (Å²) in [5.41, 5.74) is 9.51. The molecule has 0 aromatic carbocycles. The van der Waals surface area contributed by atoms with Crippen molar-refractivity contribution in [1.29, 1.82) is 0 Å². The molecule has 7 heteroatoms. The van der Waals surface area contributed by atoms with Crippen molar-refractivity contribution in [2.24, 2.45) is 11.5 Å². The lowest BCUT2D eigenvalue weighted by atomic mass is 10.00. The van der Waals surface area contributed by atoms with E-state index in [9.17, 15) is 14.4 Å². The number of nitrogens with two attached hydrogens (primary N) is 2. The van der Waals surface area contributed by atoms with E-state index in [1.54, 1.807) is 0 Å². The molecule has 5 N–H and O–H groups in total. The predicted molar refractivity (Wildman–Crippen MR) is 43.8 cm³/mol. The number of hydrogen-bond donors (Lipinski definition) is 3. The van der Waals surface area contributed by atoms with Gasteiger partial charge in [0.15, 0.2) is 4.87 Å². The Morgan fingerprint density at radius 3 is 1.62 bits per heavy atom. The zero-order valence-corrected chi connectivity index (χ0v) is 7.37. The highest BCUT2D eigenvalue weighted by Crippen LogP contribution is 2.24. The monoisotopic (exact) mass is 208 g/mol. The molecule has 2 amide bonds. The fourth-order valence-corrected chi connectivity index (χ4v) is 1.03. The normalized spacial score (nSPS) is 10.8. The number of halogens is 1. The van der Waals surface area contributed by atoms with Crippen molar-refractivity contribution in [2.75, 3.05) is 0 Å². The van der Waals surface area contributed by atoms with Gasteiger partial charge in [-0.15, -0.1) is 11.6 Å². The number of carbonyl (C=O) groups excluding carboxylic acids is 2. The number of carboxylic acid groups (broad SMARTS) is 1. The first kappa shape index (κ1) is 11.7. The third kappa shape index (κ3) is 3.75. The van der Waals surface area contributed by atoms with Crippen LogP contribution in [0.15, 0.2) is 0 Å². The van der Waals surface area contributed by atoms with Gasteiger partial charge in [0.2, 0.25) is 11.8 Å². The molecule has 0 aliphatic heterocycles. The molecule has 0 saturated heterocycles. The van der Waals surface area contributed by atoms with Crippen LogP contribution in [0.2, 0.25) is 0 Å². The molecule has 0 unspecified atom stereocenters. The van der Waals surface area contributed by atoms with Crippen LogP contribution in [0.4, 0.5) is 0 Å². The summed E-state index contributed by atoms with van der Waals surface area (Å²) in [6, 6.07) is 0. The summed E-state index contributed by atoms with van der Waals surface area (Å²) >= 11 is 5.46. The van der Waals surface area contributed by atoms with Crippen molar-refractivity contribution < 1.29 is 19.5 Å². The quantitative estimate of drug-likeness (QED) is 0.491. The first-order valence-corrected chi connectivity index (χ1v) is 3.64. The second-order valence-corrected chi connectivity index (χ2v) is 3.28. The SMILES string of the molecule is NC(=O)CC(Cl)(CC(N)=O)C(=O)O. The minimum Gasteiger partial charge on any atom is -0.480 e. The summed E-state index contributed by atoms with van der Waals surface area (Å²) in [5, 5.41) is 8.58. The molecule has 0 bridgehead atoms. The first-order chi connectivity index (χ1) is 5.78. The molecule has 0 aromatic heterocycles. The topological polar surface area (TPSA) is 123 Å². The molecular weight excluding hydrogens is 200 g/mol. The fraction of sp³-hybridized carbons (Fsp3) is 0.500. The van der Waals surface area contributed by atoms with Gasteiger partial charge in [-0.1, -0.05) is 0 Å². The number of primary amides is 2. The minimum absolute atomic E-state index is 0.632. The predicted octanol–water partition coefficient (Wildman–Crippen LogP) is -1.20. The summed E-state index contributed by atoms with van der Waals surface area (Å²) in [6.45, 7) is 0.